The summed E-state index contributed by atoms with van der Waals surface area (Å²) in [5.74, 6) is 2.02. The first kappa shape index (κ1) is 14.3. The zero-order valence-electron chi connectivity index (χ0n) is 12.5. The van der Waals surface area contributed by atoms with E-state index in [1.165, 1.54) is 25.7 Å². The number of anilines is 1. The third-order valence-corrected chi connectivity index (χ3v) is 4.24. The standard InChI is InChI=1S/C16H27N3/c1-4-17-12-14-6-5-7-16(18-14)19(3)15-10-8-13(2)9-11-15/h5-7,13,15,17H,4,8-12H2,1-3H3. The Morgan fingerprint density at radius 3 is 2.68 bits per heavy atom. The maximum absolute atomic E-state index is 4.77. The molecule has 2 rings (SSSR count). The van der Waals surface area contributed by atoms with Gasteiger partial charge in [0.15, 0.2) is 0 Å². The molecular formula is C16H27N3. The van der Waals surface area contributed by atoms with Gasteiger partial charge in [0.1, 0.15) is 5.82 Å². The summed E-state index contributed by atoms with van der Waals surface area (Å²) in [5.41, 5.74) is 1.13. The van der Waals surface area contributed by atoms with Gasteiger partial charge in [0, 0.05) is 19.6 Å². The fourth-order valence-corrected chi connectivity index (χ4v) is 2.83. The van der Waals surface area contributed by atoms with E-state index in [2.05, 4.69) is 49.3 Å². The fraction of sp³-hybridized carbons (Fsp3) is 0.688. The number of nitrogens with zero attached hydrogens (tertiary/aromatic N) is 2. The maximum atomic E-state index is 4.77. The van der Waals surface area contributed by atoms with E-state index in [-0.39, 0.29) is 0 Å². The number of hydrogen-bond donors (Lipinski definition) is 1. The molecule has 1 fully saturated rings. The first-order valence-electron chi connectivity index (χ1n) is 7.60. The molecule has 0 amide bonds. The summed E-state index contributed by atoms with van der Waals surface area (Å²) in [6.45, 7) is 6.34. The average Bonchev–Trinajstić information content (AvgIpc) is 2.45. The molecule has 3 nitrogen and oxygen atoms in total. The Kier molecular flexibility index (Phi) is 5.20. The van der Waals surface area contributed by atoms with Crippen LogP contribution in [-0.2, 0) is 6.54 Å². The summed E-state index contributed by atoms with van der Waals surface area (Å²) in [5, 5.41) is 3.34. The molecule has 0 saturated heterocycles. The van der Waals surface area contributed by atoms with Gasteiger partial charge in [-0.2, -0.15) is 0 Å². The average molecular weight is 261 g/mol. The highest BCUT2D eigenvalue weighted by atomic mass is 15.2. The largest absolute Gasteiger partial charge is 0.357 e. The van der Waals surface area contributed by atoms with Crippen LogP contribution in [0.3, 0.4) is 0 Å². The molecule has 1 aliphatic rings. The van der Waals surface area contributed by atoms with Gasteiger partial charge in [-0.15, -0.1) is 0 Å². The van der Waals surface area contributed by atoms with Crippen molar-refractivity contribution in [3.63, 3.8) is 0 Å². The highest BCUT2D eigenvalue weighted by Gasteiger charge is 2.22. The van der Waals surface area contributed by atoms with Gasteiger partial charge in [0.25, 0.3) is 0 Å². The third kappa shape index (κ3) is 3.93. The van der Waals surface area contributed by atoms with E-state index in [9.17, 15) is 0 Å². The topological polar surface area (TPSA) is 28.2 Å². The molecule has 0 spiro atoms. The molecular weight excluding hydrogens is 234 g/mol. The van der Waals surface area contributed by atoms with Crippen LogP contribution in [0.5, 0.6) is 0 Å². The summed E-state index contributed by atoms with van der Waals surface area (Å²) >= 11 is 0. The minimum absolute atomic E-state index is 0.665. The lowest BCUT2D eigenvalue weighted by Crippen LogP contribution is -2.35. The van der Waals surface area contributed by atoms with E-state index >= 15 is 0 Å². The number of nitrogens with one attached hydrogen (secondary N) is 1. The van der Waals surface area contributed by atoms with Gasteiger partial charge in [0.05, 0.1) is 5.69 Å². The fourth-order valence-electron chi connectivity index (χ4n) is 2.83. The minimum atomic E-state index is 0.665. The Morgan fingerprint density at radius 2 is 2.00 bits per heavy atom. The molecule has 0 atom stereocenters. The second-order valence-corrected chi connectivity index (χ2v) is 5.79. The van der Waals surface area contributed by atoms with Gasteiger partial charge in [-0.1, -0.05) is 19.9 Å². The van der Waals surface area contributed by atoms with E-state index in [1.807, 2.05) is 0 Å². The Bertz CT molecular complexity index is 383. The molecule has 0 aliphatic heterocycles. The third-order valence-electron chi connectivity index (χ3n) is 4.24. The van der Waals surface area contributed by atoms with Crippen LogP contribution in [0.25, 0.3) is 0 Å². The van der Waals surface area contributed by atoms with Gasteiger partial charge >= 0.3 is 0 Å². The van der Waals surface area contributed by atoms with Crippen LogP contribution in [0, 0.1) is 5.92 Å². The lowest BCUT2D eigenvalue weighted by atomic mass is 9.87. The molecule has 1 heterocycles. The first-order chi connectivity index (χ1) is 9.20. The van der Waals surface area contributed by atoms with Gasteiger partial charge in [-0.05, 0) is 50.3 Å². The van der Waals surface area contributed by atoms with Crippen LogP contribution in [0.1, 0.15) is 45.2 Å². The molecule has 0 radical (unpaired) electrons. The minimum Gasteiger partial charge on any atom is -0.357 e. The van der Waals surface area contributed by atoms with Crippen molar-refractivity contribution in [3.05, 3.63) is 23.9 Å². The molecule has 3 heteroatoms. The number of pyridine rings is 1. The number of rotatable bonds is 5. The Hall–Kier alpha value is -1.09. The molecule has 1 N–H and O–H groups in total. The summed E-state index contributed by atoms with van der Waals surface area (Å²) < 4.78 is 0. The van der Waals surface area contributed by atoms with Crippen LogP contribution in [0.2, 0.25) is 0 Å². The van der Waals surface area contributed by atoms with E-state index in [0.717, 1.165) is 30.5 Å². The lowest BCUT2D eigenvalue weighted by Gasteiger charge is -2.34. The van der Waals surface area contributed by atoms with Crippen LogP contribution in [-0.4, -0.2) is 24.6 Å². The molecule has 0 unspecified atom stereocenters. The summed E-state index contributed by atoms with van der Waals surface area (Å²) in [4.78, 5) is 7.14. The van der Waals surface area contributed by atoms with E-state index in [0.29, 0.717) is 6.04 Å². The van der Waals surface area contributed by atoms with Crippen LogP contribution >= 0.6 is 0 Å². The van der Waals surface area contributed by atoms with Crippen LogP contribution < -0.4 is 10.2 Å². The highest BCUT2D eigenvalue weighted by molar-refractivity contribution is 5.39. The predicted octanol–water partition coefficient (Wildman–Crippen LogP) is 3.21. The molecule has 19 heavy (non-hydrogen) atoms. The lowest BCUT2D eigenvalue weighted by molar-refractivity contribution is 0.340. The van der Waals surface area contributed by atoms with Crippen molar-refractivity contribution in [3.8, 4) is 0 Å². The predicted molar refractivity (Wildman–Crippen MR) is 81.4 cm³/mol. The summed E-state index contributed by atoms with van der Waals surface area (Å²) in [6.07, 6.45) is 5.31. The number of hydrogen-bond acceptors (Lipinski definition) is 3. The Labute approximate surface area is 117 Å². The Balaban J connectivity index is 1.99. The van der Waals surface area contributed by atoms with Crippen molar-refractivity contribution in [2.24, 2.45) is 5.92 Å². The van der Waals surface area contributed by atoms with E-state index < -0.39 is 0 Å². The maximum Gasteiger partial charge on any atom is 0.128 e. The SMILES string of the molecule is CCNCc1cccc(N(C)C2CCC(C)CC2)n1. The molecule has 1 aromatic heterocycles. The smallest absolute Gasteiger partial charge is 0.128 e. The monoisotopic (exact) mass is 261 g/mol. The van der Waals surface area contributed by atoms with Crippen LogP contribution in [0.4, 0.5) is 5.82 Å². The van der Waals surface area contributed by atoms with Crippen molar-refractivity contribution in [2.45, 2.75) is 52.1 Å². The molecule has 0 bridgehead atoms. The van der Waals surface area contributed by atoms with E-state index in [4.69, 9.17) is 4.98 Å². The van der Waals surface area contributed by atoms with Gasteiger partial charge in [-0.25, -0.2) is 4.98 Å². The van der Waals surface area contributed by atoms with Crippen molar-refractivity contribution in [1.82, 2.24) is 10.3 Å². The zero-order valence-corrected chi connectivity index (χ0v) is 12.5. The van der Waals surface area contributed by atoms with E-state index in [1.54, 1.807) is 0 Å². The van der Waals surface area contributed by atoms with Crippen molar-refractivity contribution in [2.75, 3.05) is 18.5 Å². The normalized spacial score (nSPS) is 23.3. The molecule has 0 aromatic carbocycles. The second-order valence-electron chi connectivity index (χ2n) is 5.79. The van der Waals surface area contributed by atoms with Crippen molar-refractivity contribution in [1.29, 1.82) is 0 Å². The summed E-state index contributed by atoms with van der Waals surface area (Å²) in [7, 11) is 2.19. The van der Waals surface area contributed by atoms with Gasteiger partial charge in [0.2, 0.25) is 0 Å². The van der Waals surface area contributed by atoms with Gasteiger partial charge in [-0.3, -0.25) is 0 Å². The number of aromatic nitrogens is 1. The highest BCUT2D eigenvalue weighted by Crippen LogP contribution is 2.28. The first-order valence-corrected chi connectivity index (χ1v) is 7.60. The van der Waals surface area contributed by atoms with Crippen molar-refractivity contribution < 1.29 is 0 Å². The van der Waals surface area contributed by atoms with Gasteiger partial charge < -0.3 is 10.2 Å². The van der Waals surface area contributed by atoms with Crippen molar-refractivity contribution >= 4 is 5.82 Å². The Morgan fingerprint density at radius 1 is 1.26 bits per heavy atom. The van der Waals surface area contributed by atoms with Crippen LogP contribution in [0.15, 0.2) is 18.2 Å². The molecule has 1 saturated carbocycles. The summed E-state index contributed by atoms with van der Waals surface area (Å²) in [6, 6.07) is 7.02. The zero-order chi connectivity index (χ0) is 13.7. The molecule has 1 aromatic rings. The quantitative estimate of drug-likeness (QED) is 0.882. The molecule has 1 aliphatic carbocycles. The molecule has 106 valence electrons. The second kappa shape index (κ2) is 6.90.